The van der Waals surface area contributed by atoms with Gasteiger partial charge in [-0.15, -0.1) is 0 Å². The molecule has 4 heteroatoms. The smallest absolute Gasteiger partial charge is 0.330 e. The first-order valence-electron chi connectivity index (χ1n) is 7.39. The van der Waals surface area contributed by atoms with Crippen molar-refractivity contribution in [3.63, 3.8) is 0 Å². The molecule has 0 aliphatic rings. The van der Waals surface area contributed by atoms with Gasteiger partial charge in [-0.05, 0) is 5.56 Å². The van der Waals surface area contributed by atoms with Crippen LogP contribution in [0.4, 0.5) is 0 Å². The predicted molar refractivity (Wildman–Crippen MR) is 89.2 cm³/mol. The van der Waals surface area contributed by atoms with Gasteiger partial charge in [-0.25, -0.2) is 4.79 Å². The predicted octanol–water partition coefficient (Wildman–Crippen LogP) is 2.74. The highest BCUT2D eigenvalue weighted by Crippen LogP contribution is 2.11. The van der Waals surface area contributed by atoms with Crippen LogP contribution < -0.4 is 5.32 Å². The van der Waals surface area contributed by atoms with E-state index in [9.17, 15) is 9.59 Å². The first-order chi connectivity index (χ1) is 11.2. The standard InChI is InChI=1S/C19H19NO3/c1-2-18(21)23-13-12-20-14-15-8-10-17(11-9-15)19(22)16-6-4-3-5-7-16/h2-11,20H,1,12-14H2. The zero-order valence-corrected chi connectivity index (χ0v) is 12.8. The minimum Gasteiger partial charge on any atom is -0.461 e. The fourth-order valence-electron chi connectivity index (χ4n) is 2.05. The van der Waals surface area contributed by atoms with E-state index in [0.29, 0.717) is 30.8 Å². The quantitative estimate of drug-likeness (QED) is 0.352. The maximum absolute atomic E-state index is 12.3. The minimum absolute atomic E-state index is 0.0152. The Hall–Kier alpha value is -2.72. The summed E-state index contributed by atoms with van der Waals surface area (Å²) in [5.41, 5.74) is 2.41. The monoisotopic (exact) mass is 309 g/mol. The van der Waals surface area contributed by atoms with Crippen LogP contribution >= 0.6 is 0 Å². The van der Waals surface area contributed by atoms with Crippen molar-refractivity contribution < 1.29 is 14.3 Å². The lowest BCUT2D eigenvalue weighted by Crippen LogP contribution is -2.20. The van der Waals surface area contributed by atoms with Crippen molar-refractivity contribution in [3.8, 4) is 0 Å². The minimum atomic E-state index is -0.421. The Morgan fingerprint density at radius 3 is 2.30 bits per heavy atom. The highest BCUT2D eigenvalue weighted by molar-refractivity contribution is 6.08. The molecular formula is C19H19NO3. The summed E-state index contributed by atoms with van der Waals surface area (Å²) < 4.78 is 4.86. The van der Waals surface area contributed by atoms with E-state index in [-0.39, 0.29) is 5.78 Å². The van der Waals surface area contributed by atoms with E-state index in [2.05, 4.69) is 11.9 Å². The first-order valence-corrected chi connectivity index (χ1v) is 7.39. The van der Waals surface area contributed by atoms with E-state index in [1.165, 1.54) is 0 Å². The van der Waals surface area contributed by atoms with E-state index in [0.717, 1.165) is 11.6 Å². The number of carbonyl (C=O) groups is 2. The molecule has 0 radical (unpaired) electrons. The second-order valence-corrected chi connectivity index (χ2v) is 4.94. The van der Waals surface area contributed by atoms with Crippen LogP contribution in [0.5, 0.6) is 0 Å². The van der Waals surface area contributed by atoms with Gasteiger partial charge in [0.1, 0.15) is 6.61 Å². The zero-order chi connectivity index (χ0) is 16.5. The van der Waals surface area contributed by atoms with Crippen molar-refractivity contribution in [2.24, 2.45) is 0 Å². The molecular weight excluding hydrogens is 290 g/mol. The number of hydrogen-bond donors (Lipinski definition) is 1. The number of benzene rings is 2. The summed E-state index contributed by atoms with van der Waals surface area (Å²) in [4.78, 5) is 23.1. The van der Waals surface area contributed by atoms with Crippen LogP contribution in [0.1, 0.15) is 21.5 Å². The van der Waals surface area contributed by atoms with Crippen LogP contribution in [-0.2, 0) is 16.1 Å². The molecule has 0 saturated carbocycles. The van der Waals surface area contributed by atoms with Crippen molar-refractivity contribution in [1.29, 1.82) is 0 Å². The van der Waals surface area contributed by atoms with Gasteiger partial charge in [0.2, 0.25) is 0 Å². The highest BCUT2D eigenvalue weighted by atomic mass is 16.5. The van der Waals surface area contributed by atoms with E-state index in [1.54, 1.807) is 0 Å². The van der Waals surface area contributed by atoms with Gasteiger partial charge >= 0.3 is 5.97 Å². The fourth-order valence-corrected chi connectivity index (χ4v) is 2.05. The fraction of sp³-hybridized carbons (Fsp3) is 0.158. The number of carbonyl (C=O) groups excluding carboxylic acids is 2. The largest absolute Gasteiger partial charge is 0.461 e. The Morgan fingerprint density at radius 2 is 1.65 bits per heavy atom. The zero-order valence-electron chi connectivity index (χ0n) is 12.8. The summed E-state index contributed by atoms with van der Waals surface area (Å²) in [6, 6.07) is 16.7. The summed E-state index contributed by atoms with van der Waals surface area (Å²) in [7, 11) is 0. The Kier molecular flexibility index (Phi) is 6.27. The van der Waals surface area contributed by atoms with Gasteiger partial charge in [0.15, 0.2) is 5.78 Å². The number of esters is 1. The lowest BCUT2D eigenvalue weighted by atomic mass is 10.0. The normalized spacial score (nSPS) is 10.1. The summed E-state index contributed by atoms with van der Waals surface area (Å²) in [6.45, 7) is 4.83. The molecule has 0 heterocycles. The summed E-state index contributed by atoms with van der Waals surface area (Å²) in [5, 5.41) is 3.17. The third-order valence-electron chi connectivity index (χ3n) is 3.27. The van der Waals surface area contributed by atoms with Gasteiger partial charge in [-0.2, -0.15) is 0 Å². The summed E-state index contributed by atoms with van der Waals surface area (Å²) in [5.74, 6) is -0.406. The molecule has 0 aromatic heterocycles. The van der Waals surface area contributed by atoms with E-state index in [1.807, 2.05) is 54.6 Å². The molecule has 0 saturated heterocycles. The second-order valence-electron chi connectivity index (χ2n) is 4.94. The van der Waals surface area contributed by atoms with Gasteiger partial charge in [-0.3, -0.25) is 4.79 Å². The van der Waals surface area contributed by atoms with Gasteiger partial charge in [0.05, 0.1) is 0 Å². The number of hydrogen-bond acceptors (Lipinski definition) is 4. The molecule has 23 heavy (non-hydrogen) atoms. The first kappa shape index (κ1) is 16.6. The van der Waals surface area contributed by atoms with Gasteiger partial charge in [0, 0.05) is 30.3 Å². The van der Waals surface area contributed by atoms with Gasteiger partial charge in [-0.1, -0.05) is 61.2 Å². The average molecular weight is 309 g/mol. The molecule has 4 nitrogen and oxygen atoms in total. The second kappa shape index (κ2) is 8.66. The topological polar surface area (TPSA) is 55.4 Å². The van der Waals surface area contributed by atoms with E-state index >= 15 is 0 Å². The lowest BCUT2D eigenvalue weighted by Gasteiger charge is -2.06. The molecule has 118 valence electrons. The average Bonchev–Trinajstić information content (AvgIpc) is 2.62. The van der Waals surface area contributed by atoms with Crippen molar-refractivity contribution in [2.75, 3.05) is 13.2 Å². The Bertz CT molecular complexity index is 663. The molecule has 0 spiro atoms. The van der Waals surface area contributed by atoms with Gasteiger partial charge < -0.3 is 10.1 Å². The molecule has 0 bridgehead atoms. The molecule has 2 rings (SSSR count). The van der Waals surface area contributed by atoms with Crippen molar-refractivity contribution in [2.45, 2.75) is 6.54 Å². The molecule has 0 atom stereocenters. The molecule has 0 fully saturated rings. The van der Waals surface area contributed by atoms with Gasteiger partial charge in [0.25, 0.3) is 0 Å². The summed E-state index contributed by atoms with van der Waals surface area (Å²) in [6.07, 6.45) is 1.14. The molecule has 0 aliphatic carbocycles. The van der Waals surface area contributed by atoms with Crippen LogP contribution in [0.25, 0.3) is 0 Å². The Morgan fingerprint density at radius 1 is 1.00 bits per heavy atom. The molecule has 1 N–H and O–H groups in total. The number of nitrogens with one attached hydrogen (secondary N) is 1. The third-order valence-corrected chi connectivity index (χ3v) is 3.27. The SMILES string of the molecule is C=CC(=O)OCCNCc1ccc(C(=O)c2ccccc2)cc1. The van der Waals surface area contributed by atoms with Crippen LogP contribution in [0.2, 0.25) is 0 Å². The molecule has 0 amide bonds. The Balaban J connectivity index is 1.82. The van der Waals surface area contributed by atoms with Crippen LogP contribution in [0.15, 0.2) is 67.3 Å². The van der Waals surface area contributed by atoms with Crippen LogP contribution in [0.3, 0.4) is 0 Å². The number of rotatable bonds is 8. The molecule has 0 unspecified atom stereocenters. The van der Waals surface area contributed by atoms with Crippen LogP contribution in [0, 0.1) is 0 Å². The Labute approximate surface area is 135 Å². The van der Waals surface area contributed by atoms with Crippen molar-refractivity contribution in [3.05, 3.63) is 83.9 Å². The third kappa shape index (κ3) is 5.20. The van der Waals surface area contributed by atoms with Crippen molar-refractivity contribution >= 4 is 11.8 Å². The van der Waals surface area contributed by atoms with E-state index in [4.69, 9.17) is 4.74 Å². The highest BCUT2D eigenvalue weighted by Gasteiger charge is 2.07. The maximum Gasteiger partial charge on any atom is 0.330 e. The molecule has 2 aromatic carbocycles. The maximum atomic E-state index is 12.3. The number of ether oxygens (including phenoxy) is 1. The van der Waals surface area contributed by atoms with E-state index < -0.39 is 5.97 Å². The molecule has 0 aliphatic heterocycles. The lowest BCUT2D eigenvalue weighted by molar-refractivity contribution is -0.137. The van der Waals surface area contributed by atoms with Crippen molar-refractivity contribution in [1.82, 2.24) is 5.32 Å². The summed E-state index contributed by atoms with van der Waals surface area (Å²) >= 11 is 0. The molecule has 2 aromatic rings. The number of ketones is 1. The van der Waals surface area contributed by atoms with Crippen LogP contribution in [-0.4, -0.2) is 24.9 Å².